The topological polar surface area (TPSA) is 84.9 Å². The van der Waals surface area contributed by atoms with Crippen LogP contribution in [0.2, 0.25) is 5.02 Å². The van der Waals surface area contributed by atoms with Gasteiger partial charge in [-0.15, -0.1) is 11.8 Å². The van der Waals surface area contributed by atoms with Crippen molar-refractivity contribution in [3.8, 4) is 11.5 Å². The summed E-state index contributed by atoms with van der Waals surface area (Å²) in [6, 6.07) is 12.2. The van der Waals surface area contributed by atoms with Crippen molar-refractivity contribution < 1.29 is 22.7 Å². The zero-order valence-corrected chi connectivity index (χ0v) is 18.1. The summed E-state index contributed by atoms with van der Waals surface area (Å²) in [6.45, 7) is 1.73. The molecule has 1 amide bonds. The molecule has 0 atom stereocenters. The second-order valence-electron chi connectivity index (χ2n) is 6.10. The van der Waals surface area contributed by atoms with Crippen LogP contribution in [0.1, 0.15) is 6.92 Å². The molecule has 0 aliphatic carbocycles. The Kier molecular flexibility index (Phi) is 7.15. The Bertz CT molecular complexity index is 967. The van der Waals surface area contributed by atoms with Crippen LogP contribution >= 0.6 is 23.4 Å². The van der Waals surface area contributed by atoms with Crippen molar-refractivity contribution in [2.24, 2.45) is 0 Å². The smallest absolute Gasteiger partial charge is 0.240 e. The molecule has 2 aromatic rings. The van der Waals surface area contributed by atoms with Gasteiger partial charge in [0.25, 0.3) is 0 Å². The normalized spacial score (nSPS) is 12.6. The van der Waals surface area contributed by atoms with Crippen LogP contribution in [0.3, 0.4) is 0 Å². The fourth-order valence-electron chi connectivity index (χ4n) is 2.62. The molecule has 1 aliphatic rings. The molecule has 7 nitrogen and oxygen atoms in total. The first-order valence-electron chi connectivity index (χ1n) is 8.94. The number of amides is 1. The first-order valence-corrected chi connectivity index (χ1v) is 11.9. The average Bonchev–Trinajstić information content (AvgIpc) is 3.18. The maximum absolute atomic E-state index is 12.5. The Morgan fingerprint density at radius 2 is 1.90 bits per heavy atom. The van der Waals surface area contributed by atoms with Crippen molar-refractivity contribution in [3.05, 3.63) is 47.5 Å². The number of halogens is 1. The highest BCUT2D eigenvalue weighted by Crippen LogP contribution is 2.36. The number of rotatable bonds is 9. The minimum Gasteiger partial charge on any atom is -0.454 e. The molecule has 156 valence electrons. The van der Waals surface area contributed by atoms with Crippen LogP contribution in [0.15, 0.2) is 47.4 Å². The van der Waals surface area contributed by atoms with Crippen molar-refractivity contribution in [1.29, 1.82) is 0 Å². The molecule has 0 radical (unpaired) electrons. The predicted octanol–water partition coefficient (Wildman–Crippen LogP) is 3.13. The lowest BCUT2D eigenvalue weighted by atomic mass is 10.3. The van der Waals surface area contributed by atoms with Crippen LogP contribution in [0.4, 0.5) is 5.69 Å². The fraction of sp³-hybridized carbons (Fsp3) is 0.316. The van der Waals surface area contributed by atoms with Gasteiger partial charge in [0.15, 0.2) is 11.5 Å². The number of carbonyl (C=O) groups is 1. The van der Waals surface area contributed by atoms with E-state index in [1.54, 1.807) is 42.1 Å². The van der Waals surface area contributed by atoms with Gasteiger partial charge in [0.05, 0.1) is 11.4 Å². The summed E-state index contributed by atoms with van der Waals surface area (Å²) < 4.78 is 36.7. The number of nitrogens with one attached hydrogen (secondary N) is 1. The first-order chi connectivity index (χ1) is 13.9. The van der Waals surface area contributed by atoms with E-state index in [9.17, 15) is 13.2 Å². The van der Waals surface area contributed by atoms with Gasteiger partial charge in [-0.2, -0.15) is 0 Å². The lowest BCUT2D eigenvalue weighted by Gasteiger charge is -2.23. The quantitative estimate of drug-likeness (QED) is 0.461. The SMILES string of the molecule is CCS(=O)(=O)N(CC(=O)NCCSc1ccc(Cl)cc1)c1ccc2c(c1)OCO2. The standard InChI is InChI=1S/C19H21ClN2O5S2/c1-2-29(24,25)22(15-5-8-17-18(11-15)27-13-26-17)12-19(23)21-9-10-28-16-6-3-14(20)4-7-16/h3-8,11H,2,9-10,12-13H2,1H3,(H,21,23). The Labute approximate surface area is 179 Å². The number of nitrogens with zero attached hydrogens (tertiary/aromatic N) is 1. The molecule has 0 fully saturated rings. The Balaban J connectivity index is 1.59. The molecule has 0 spiro atoms. The maximum Gasteiger partial charge on any atom is 0.240 e. The van der Waals surface area contributed by atoms with Crippen molar-refractivity contribution in [3.63, 3.8) is 0 Å². The average molecular weight is 457 g/mol. The Hall–Kier alpha value is -2.10. The van der Waals surface area contributed by atoms with E-state index in [1.807, 2.05) is 12.1 Å². The Morgan fingerprint density at radius 3 is 2.62 bits per heavy atom. The number of benzene rings is 2. The van der Waals surface area contributed by atoms with Crippen molar-refractivity contribution >= 4 is 45.0 Å². The molecule has 2 aromatic carbocycles. The number of thioether (sulfide) groups is 1. The van der Waals surface area contributed by atoms with Gasteiger partial charge in [-0.25, -0.2) is 8.42 Å². The molecule has 0 unspecified atom stereocenters. The molecule has 3 rings (SSSR count). The third-order valence-electron chi connectivity index (χ3n) is 4.14. The van der Waals surface area contributed by atoms with E-state index >= 15 is 0 Å². The number of anilines is 1. The molecule has 1 aliphatic heterocycles. The lowest BCUT2D eigenvalue weighted by molar-refractivity contribution is -0.119. The molecule has 1 heterocycles. The summed E-state index contributed by atoms with van der Waals surface area (Å²) in [7, 11) is -3.65. The van der Waals surface area contributed by atoms with Crippen LogP contribution in [0.25, 0.3) is 0 Å². The highest BCUT2D eigenvalue weighted by Gasteiger charge is 2.25. The summed E-state index contributed by atoms with van der Waals surface area (Å²) in [6.07, 6.45) is 0. The van der Waals surface area contributed by atoms with E-state index in [1.165, 1.54) is 6.92 Å². The number of carbonyl (C=O) groups excluding carboxylic acids is 1. The molecular formula is C19H21ClN2O5S2. The Morgan fingerprint density at radius 1 is 1.17 bits per heavy atom. The molecule has 29 heavy (non-hydrogen) atoms. The van der Waals surface area contributed by atoms with Gasteiger partial charge >= 0.3 is 0 Å². The molecule has 0 aromatic heterocycles. The zero-order chi connectivity index (χ0) is 20.9. The van der Waals surface area contributed by atoms with Crippen LogP contribution in [-0.2, 0) is 14.8 Å². The van der Waals surface area contributed by atoms with Gasteiger partial charge in [-0.05, 0) is 43.3 Å². The van der Waals surface area contributed by atoms with Gasteiger partial charge in [-0.1, -0.05) is 11.6 Å². The van der Waals surface area contributed by atoms with Crippen molar-refractivity contribution in [1.82, 2.24) is 5.32 Å². The highest BCUT2D eigenvalue weighted by atomic mass is 35.5. The lowest BCUT2D eigenvalue weighted by Crippen LogP contribution is -2.42. The fourth-order valence-corrected chi connectivity index (χ4v) is 4.58. The van der Waals surface area contributed by atoms with Crippen LogP contribution in [-0.4, -0.2) is 45.7 Å². The molecule has 10 heteroatoms. The number of hydrogen-bond donors (Lipinski definition) is 1. The monoisotopic (exact) mass is 456 g/mol. The van der Waals surface area contributed by atoms with E-state index in [2.05, 4.69) is 5.32 Å². The minimum atomic E-state index is -3.65. The van der Waals surface area contributed by atoms with Gasteiger partial charge in [0.1, 0.15) is 6.54 Å². The number of ether oxygens (including phenoxy) is 2. The van der Waals surface area contributed by atoms with Crippen LogP contribution in [0.5, 0.6) is 11.5 Å². The van der Waals surface area contributed by atoms with Gasteiger partial charge < -0.3 is 14.8 Å². The van der Waals surface area contributed by atoms with E-state index < -0.39 is 10.0 Å². The van der Waals surface area contributed by atoms with E-state index in [4.69, 9.17) is 21.1 Å². The summed E-state index contributed by atoms with van der Waals surface area (Å²) in [5.74, 6) is 1.15. The zero-order valence-electron chi connectivity index (χ0n) is 15.8. The van der Waals surface area contributed by atoms with Gasteiger partial charge in [-0.3, -0.25) is 9.10 Å². The second-order valence-corrected chi connectivity index (χ2v) is 9.88. The maximum atomic E-state index is 12.5. The molecule has 0 bridgehead atoms. The van der Waals surface area contributed by atoms with Gasteiger partial charge in [0.2, 0.25) is 22.7 Å². The molecule has 0 saturated carbocycles. The van der Waals surface area contributed by atoms with Crippen LogP contribution < -0.4 is 19.1 Å². The summed E-state index contributed by atoms with van der Waals surface area (Å²) in [4.78, 5) is 13.4. The molecule has 1 N–H and O–H groups in total. The number of sulfonamides is 1. The van der Waals surface area contributed by atoms with E-state index in [-0.39, 0.29) is 25.0 Å². The van der Waals surface area contributed by atoms with Crippen molar-refractivity contribution in [2.75, 3.05) is 35.7 Å². The van der Waals surface area contributed by atoms with Crippen LogP contribution in [0, 0.1) is 0 Å². The summed E-state index contributed by atoms with van der Waals surface area (Å²) >= 11 is 7.43. The third kappa shape index (κ3) is 5.71. The second kappa shape index (κ2) is 9.60. The minimum absolute atomic E-state index is 0.0884. The van der Waals surface area contributed by atoms with Gasteiger partial charge in [0, 0.05) is 28.3 Å². The summed E-state index contributed by atoms with van der Waals surface area (Å²) in [5, 5.41) is 3.43. The van der Waals surface area contributed by atoms with E-state index in [0.29, 0.717) is 34.5 Å². The largest absolute Gasteiger partial charge is 0.454 e. The molecule has 0 saturated heterocycles. The third-order valence-corrected chi connectivity index (χ3v) is 7.15. The number of hydrogen-bond acceptors (Lipinski definition) is 6. The summed E-state index contributed by atoms with van der Waals surface area (Å²) in [5.41, 5.74) is 0.363. The van der Waals surface area contributed by atoms with Crippen molar-refractivity contribution in [2.45, 2.75) is 11.8 Å². The number of fused-ring (bicyclic) bond motifs is 1. The molecular weight excluding hydrogens is 436 g/mol. The first kappa shape index (κ1) is 21.6. The highest BCUT2D eigenvalue weighted by molar-refractivity contribution is 7.99. The predicted molar refractivity (Wildman–Crippen MR) is 115 cm³/mol. The van der Waals surface area contributed by atoms with E-state index in [0.717, 1.165) is 9.20 Å².